The van der Waals surface area contributed by atoms with Gasteiger partial charge in [-0.15, -0.1) is 0 Å². The molecule has 196 valence electrons. The van der Waals surface area contributed by atoms with Crippen LogP contribution in [0.15, 0.2) is 41.3 Å². The van der Waals surface area contributed by atoms with Gasteiger partial charge in [0.25, 0.3) is 10.1 Å². The summed E-state index contributed by atoms with van der Waals surface area (Å²) in [5.74, 6) is -0.238. The normalized spacial score (nSPS) is 27.3. The van der Waals surface area contributed by atoms with Gasteiger partial charge in [0.15, 0.2) is 8.32 Å². The molecule has 1 aromatic rings. The van der Waals surface area contributed by atoms with Crippen LogP contribution < -0.4 is 0 Å². The number of rotatable bonds is 8. The molecule has 2 unspecified atom stereocenters. The van der Waals surface area contributed by atoms with Crippen molar-refractivity contribution in [2.45, 2.75) is 83.0 Å². The molecule has 0 spiro atoms. The zero-order chi connectivity index (χ0) is 26.0. The van der Waals surface area contributed by atoms with E-state index in [2.05, 4.69) is 46.0 Å². The van der Waals surface area contributed by atoms with Gasteiger partial charge in [0.05, 0.1) is 24.0 Å². The number of ether oxygens (including phenoxy) is 1. The van der Waals surface area contributed by atoms with Crippen molar-refractivity contribution in [3.63, 3.8) is 0 Å². The Morgan fingerprint density at radius 2 is 1.77 bits per heavy atom. The highest BCUT2D eigenvalue weighted by molar-refractivity contribution is 7.86. The van der Waals surface area contributed by atoms with E-state index in [-0.39, 0.29) is 52.3 Å². The third-order valence-corrected chi connectivity index (χ3v) is 13.7. The molecule has 2 aliphatic rings. The Morgan fingerprint density at radius 1 is 1.11 bits per heavy atom. The van der Waals surface area contributed by atoms with Gasteiger partial charge in [-0.25, -0.2) is 0 Å². The highest BCUT2D eigenvalue weighted by Crippen LogP contribution is 2.48. The fraction of sp³-hybridized carbons (Fsp3) is 0.667. The summed E-state index contributed by atoms with van der Waals surface area (Å²) in [6.45, 7) is 15.3. The van der Waals surface area contributed by atoms with Crippen LogP contribution in [0.3, 0.4) is 0 Å². The molecule has 1 saturated carbocycles. The number of hydrogen-bond acceptors (Lipinski definition) is 6. The van der Waals surface area contributed by atoms with Gasteiger partial charge in [0.1, 0.15) is 0 Å². The maximum Gasteiger partial charge on any atom is 0.309 e. The first-order chi connectivity index (χ1) is 16.2. The van der Waals surface area contributed by atoms with E-state index >= 15 is 0 Å². The zero-order valence-electron chi connectivity index (χ0n) is 22.2. The average Bonchev–Trinajstić information content (AvgIpc) is 2.77. The summed E-state index contributed by atoms with van der Waals surface area (Å²) < 4.78 is 43.5. The maximum absolute atomic E-state index is 12.9. The Balaban J connectivity index is 1.82. The highest BCUT2D eigenvalue weighted by Gasteiger charge is 2.49. The van der Waals surface area contributed by atoms with Crippen molar-refractivity contribution in [3.05, 3.63) is 42.0 Å². The molecule has 0 radical (unpaired) electrons. The second-order valence-corrected chi connectivity index (χ2v) is 17.9. The van der Waals surface area contributed by atoms with Gasteiger partial charge in [0, 0.05) is 12.0 Å². The summed E-state index contributed by atoms with van der Waals surface area (Å²) in [5.41, 5.74) is 0.994. The molecule has 0 heterocycles. The van der Waals surface area contributed by atoms with Crippen molar-refractivity contribution in [3.8, 4) is 0 Å². The quantitative estimate of drug-likeness (QED) is 0.184. The SMILES string of the molecule is CCOC(=O)[C@H]1CC=CC2C[C@H](COS(=O)(=O)c3ccc(C)cc3)C[C@H](O[Si](C)(C)C(C)(C)C)C21. The average molecular weight is 523 g/mol. The van der Waals surface area contributed by atoms with Gasteiger partial charge in [-0.2, -0.15) is 8.42 Å². The minimum absolute atomic E-state index is 0.0110. The van der Waals surface area contributed by atoms with E-state index in [0.717, 1.165) is 12.0 Å². The lowest BCUT2D eigenvalue weighted by Crippen LogP contribution is -2.52. The summed E-state index contributed by atoms with van der Waals surface area (Å²) in [7, 11) is -5.97. The van der Waals surface area contributed by atoms with Gasteiger partial charge in [-0.3, -0.25) is 8.98 Å². The molecule has 8 heteroatoms. The standard InChI is InChI=1S/C27H42O6SSi/c1-8-31-26(28)23-11-9-10-21-16-20(17-24(25(21)23)33-35(6,7)27(3,4)5)18-32-34(29,30)22-14-12-19(2)13-15-22/h9-10,12-15,20-21,23-25H,8,11,16-18H2,1-7H3/t20-,21?,23-,24-,25?/m0/s1. The molecule has 2 aliphatic carbocycles. The molecule has 1 fully saturated rings. The van der Waals surface area contributed by atoms with E-state index in [1.165, 1.54) is 0 Å². The van der Waals surface area contributed by atoms with E-state index < -0.39 is 18.4 Å². The summed E-state index contributed by atoms with van der Waals surface area (Å²) in [6, 6.07) is 6.71. The molecule has 3 rings (SSSR count). The Hall–Kier alpha value is -1.48. The molecule has 0 bridgehead atoms. The van der Waals surface area contributed by atoms with Crippen LogP contribution in [-0.4, -0.2) is 42.0 Å². The number of allylic oxidation sites excluding steroid dienone is 2. The lowest BCUT2D eigenvalue weighted by Gasteiger charge is -2.49. The molecule has 0 N–H and O–H groups in total. The third kappa shape index (κ3) is 6.64. The van der Waals surface area contributed by atoms with Crippen LogP contribution in [0.5, 0.6) is 0 Å². The zero-order valence-corrected chi connectivity index (χ0v) is 24.1. The molecular weight excluding hydrogens is 480 g/mol. The van der Waals surface area contributed by atoms with Gasteiger partial charge in [0.2, 0.25) is 0 Å². The fourth-order valence-electron chi connectivity index (χ4n) is 5.00. The van der Waals surface area contributed by atoms with E-state index in [9.17, 15) is 13.2 Å². The summed E-state index contributed by atoms with van der Waals surface area (Å²) in [4.78, 5) is 13.0. The smallest absolute Gasteiger partial charge is 0.309 e. The van der Waals surface area contributed by atoms with E-state index in [1.807, 2.05) is 13.8 Å². The van der Waals surface area contributed by atoms with Gasteiger partial charge in [-0.05, 0) is 75.2 Å². The molecule has 35 heavy (non-hydrogen) atoms. The topological polar surface area (TPSA) is 78.9 Å². The van der Waals surface area contributed by atoms with Gasteiger partial charge >= 0.3 is 5.97 Å². The lowest BCUT2D eigenvalue weighted by molar-refractivity contribution is -0.154. The van der Waals surface area contributed by atoms with Crippen LogP contribution in [0.2, 0.25) is 18.1 Å². The Labute approximate surface area is 212 Å². The number of aryl methyl sites for hydroxylation is 1. The summed E-state index contributed by atoms with van der Waals surface area (Å²) in [5, 5.41) is 0.0185. The molecular formula is C27H42O6SSi. The van der Waals surface area contributed by atoms with Crippen LogP contribution in [0.25, 0.3) is 0 Å². The largest absolute Gasteiger partial charge is 0.466 e. The van der Waals surface area contributed by atoms with E-state index in [1.54, 1.807) is 24.3 Å². The summed E-state index contributed by atoms with van der Waals surface area (Å²) in [6.07, 6.45) is 6.19. The first-order valence-corrected chi connectivity index (χ1v) is 17.0. The predicted octanol–water partition coefficient (Wildman–Crippen LogP) is 5.87. The first-order valence-electron chi connectivity index (χ1n) is 12.7. The number of fused-ring (bicyclic) bond motifs is 1. The van der Waals surface area contributed by atoms with Crippen molar-refractivity contribution >= 4 is 24.4 Å². The van der Waals surface area contributed by atoms with E-state index in [0.29, 0.717) is 19.4 Å². The minimum atomic E-state index is -3.84. The van der Waals surface area contributed by atoms with E-state index in [4.69, 9.17) is 13.3 Å². The molecule has 0 aromatic heterocycles. The van der Waals surface area contributed by atoms with Gasteiger partial charge < -0.3 is 9.16 Å². The Kier molecular flexibility index (Phi) is 8.72. The monoisotopic (exact) mass is 522 g/mol. The molecule has 0 saturated heterocycles. The number of benzene rings is 1. The molecule has 5 atom stereocenters. The first kappa shape index (κ1) is 28.1. The summed E-state index contributed by atoms with van der Waals surface area (Å²) >= 11 is 0. The molecule has 6 nitrogen and oxygen atoms in total. The second kappa shape index (κ2) is 10.9. The third-order valence-electron chi connectivity index (χ3n) is 7.94. The van der Waals surface area contributed by atoms with Crippen LogP contribution in [-0.2, 0) is 28.3 Å². The Morgan fingerprint density at radius 3 is 2.37 bits per heavy atom. The predicted molar refractivity (Wildman–Crippen MR) is 140 cm³/mol. The fourth-order valence-corrected chi connectivity index (χ4v) is 7.34. The lowest BCUT2D eigenvalue weighted by atomic mass is 9.64. The van der Waals surface area contributed by atoms with Crippen LogP contribution in [0.1, 0.15) is 52.5 Å². The number of carbonyl (C=O) groups excluding carboxylic acids is 1. The number of hydrogen-bond donors (Lipinski definition) is 0. The second-order valence-electron chi connectivity index (χ2n) is 11.6. The van der Waals surface area contributed by atoms with Gasteiger partial charge in [-0.1, -0.05) is 50.6 Å². The van der Waals surface area contributed by atoms with Crippen molar-refractivity contribution in [1.82, 2.24) is 0 Å². The minimum Gasteiger partial charge on any atom is -0.466 e. The number of carbonyl (C=O) groups is 1. The Bertz CT molecular complexity index is 1010. The number of esters is 1. The van der Waals surface area contributed by atoms with Crippen molar-refractivity contribution in [2.24, 2.45) is 23.7 Å². The van der Waals surface area contributed by atoms with Crippen LogP contribution in [0, 0.1) is 30.6 Å². The van der Waals surface area contributed by atoms with Crippen molar-refractivity contribution < 1.29 is 26.6 Å². The van der Waals surface area contributed by atoms with Crippen LogP contribution in [0.4, 0.5) is 0 Å². The molecule has 0 aliphatic heterocycles. The highest BCUT2D eigenvalue weighted by atomic mass is 32.2. The van der Waals surface area contributed by atoms with Crippen LogP contribution >= 0.6 is 0 Å². The molecule has 1 aromatic carbocycles. The van der Waals surface area contributed by atoms with Crippen molar-refractivity contribution in [1.29, 1.82) is 0 Å². The molecule has 0 amide bonds. The van der Waals surface area contributed by atoms with Crippen molar-refractivity contribution in [2.75, 3.05) is 13.2 Å². The maximum atomic E-state index is 12.9.